The van der Waals surface area contributed by atoms with E-state index in [1.165, 1.54) is 18.6 Å². The summed E-state index contributed by atoms with van der Waals surface area (Å²) in [5, 5.41) is 13.4. The standard InChI is InChI=1S/C16H24FNO/c1-12(2)15-8-3-4-9-16(15,11-19)18-14-7-5-6-13(17)10-14/h5-7,10,12,15,18-19H,3-4,8-9,11H2,1-2H3. The zero-order valence-corrected chi connectivity index (χ0v) is 11.8. The quantitative estimate of drug-likeness (QED) is 0.867. The molecule has 1 saturated carbocycles. The lowest BCUT2D eigenvalue weighted by molar-refractivity contribution is 0.0897. The molecule has 0 spiro atoms. The van der Waals surface area contributed by atoms with E-state index in [4.69, 9.17) is 0 Å². The summed E-state index contributed by atoms with van der Waals surface area (Å²) in [5.74, 6) is 0.693. The molecule has 0 aromatic heterocycles. The van der Waals surface area contributed by atoms with Gasteiger partial charge in [-0.05, 0) is 42.9 Å². The van der Waals surface area contributed by atoms with Gasteiger partial charge in [0.1, 0.15) is 5.82 Å². The molecule has 106 valence electrons. The normalized spacial score (nSPS) is 27.5. The second-order valence-corrected chi connectivity index (χ2v) is 6.05. The summed E-state index contributed by atoms with van der Waals surface area (Å²) in [5.41, 5.74) is 0.460. The largest absolute Gasteiger partial charge is 0.394 e. The summed E-state index contributed by atoms with van der Waals surface area (Å²) in [7, 11) is 0. The van der Waals surface area contributed by atoms with Gasteiger partial charge in [-0.2, -0.15) is 0 Å². The van der Waals surface area contributed by atoms with E-state index in [9.17, 15) is 9.50 Å². The highest BCUT2D eigenvalue weighted by molar-refractivity contribution is 5.46. The maximum Gasteiger partial charge on any atom is 0.125 e. The summed E-state index contributed by atoms with van der Waals surface area (Å²) >= 11 is 0. The molecule has 2 nitrogen and oxygen atoms in total. The molecule has 0 radical (unpaired) electrons. The van der Waals surface area contributed by atoms with Crippen LogP contribution in [-0.2, 0) is 0 Å². The van der Waals surface area contributed by atoms with E-state index in [0.717, 1.165) is 24.9 Å². The molecule has 2 atom stereocenters. The van der Waals surface area contributed by atoms with Crippen molar-refractivity contribution >= 4 is 5.69 Å². The lowest BCUT2D eigenvalue weighted by Crippen LogP contribution is -2.52. The number of halogens is 1. The third kappa shape index (κ3) is 3.08. The van der Waals surface area contributed by atoms with Crippen LogP contribution in [-0.4, -0.2) is 17.3 Å². The molecular formula is C16H24FNO. The fraction of sp³-hybridized carbons (Fsp3) is 0.625. The SMILES string of the molecule is CC(C)C1CCCCC1(CO)Nc1cccc(F)c1. The van der Waals surface area contributed by atoms with Gasteiger partial charge in [-0.15, -0.1) is 0 Å². The van der Waals surface area contributed by atoms with Gasteiger partial charge in [-0.25, -0.2) is 4.39 Å². The van der Waals surface area contributed by atoms with Crippen molar-refractivity contribution in [3.63, 3.8) is 0 Å². The lowest BCUT2D eigenvalue weighted by atomic mass is 9.68. The van der Waals surface area contributed by atoms with Gasteiger partial charge in [0.2, 0.25) is 0 Å². The van der Waals surface area contributed by atoms with E-state index in [1.54, 1.807) is 6.07 Å². The minimum absolute atomic E-state index is 0.104. The van der Waals surface area contributed by atoms with Gasteiger partial charge in [0.15, 0.2) is 0 Å². The van der Waals surface area contributed by atoms with Crippen LogP contribution in [0.2, 0.25) is 0 Å². The van der Waals surface area contributed by atoms with Gasteiger partial charge in [0.25, 0.3) is 0 Å². The van der Waals surface area contributed by atoms with Crippen LogP contribution in [0, 0.1) is 17.7 Å². The summed E-state index contributed by atoms with van der Waals surface area (Å²) < 4.78 is 13.3. The monoisotopic (exact) mass is 265 g/mol. The highest BCUT2D eigenvalue weighted by Crippen LogP contribution is 2.40. The molecule has 0 amide bonds. The summed E-state index contributed by atoms with van der Waals surface area (Å²) in [4.78, 5) is 0. The third-order valence-corrected chi connectivity index (χ3v) is 4.40. The number of aliphatic hydroxyl groups excluding tert-OH is 1. The molecule has 0 aliphatic heterocycles. The highest BCUT2D eigenvalue weighted by atomic mass is 19.1. The molecule has 0 saturated heterocycles. The van der Waals surface area contributed by atoms with Crippen LogP contribution in [0.5, 0.6) is 0 Å². The molecule has 1 aliphatic rings. The smallest absolute Gasteiger partial charge is 0.125 e. The van der Waals surface area contributed by atoms with E-state index >= 15 is 0 Å². The van der Waals surface area contributed by atoms with Gasteiger partial charge in [-0.1, -0.05) is 32.8 Å². The Morgan fingerprint density at radius 3 is 2.84 bits per heavy atom. The number of nitrogens with one attached hydrogen (secondary N) is 1. The number of anilines is 1. The number of hydrogen-bond acceptors (Lipinski definition) is 2. The van der Waals surface area contributed by atoms with Gasteiger partial charge in [-0.3, -0.25) is 0 Å². The zero-order valence-electron chi connectivity index (χ0n) is 11.8. The van der Waals surface area contributed by atoms with Crippen LogP contribution in [0.3, 0.4) is 0 Å². The summed E-state index contributed by atoms with van der Waals surface area (Å²) in [6.45, 7) is 4.51. The second kappa shape index (κ2) is 5.91. The average molecular weight is 265 g/mol. The minimum atomic E-state index is -0.305. The van der Waals surface area contributed by atoms with Crippen LogP contribution < -0.4 is 5.32 Å². The Hall–Kier alpha value is -1.09. The number of aliphatic hydroxyl groups is 1. The van der Waals surface area contributed by atoms with Crippen LogP contribution in [0.15, 0.2) is 24.3 Å². The van der Waals surface area contributed by atoms with E-state index in [2.05, 4.69) is 19.2 Å². The Morgan fingerprint density at radius 2 is 2.21 bits per heavy atom. The molecule has 19 heavy (non-hydrogen) atoms. The second-order valence-electron chi connectivity index (χ2n) is 6.05. The first-order chi connectivity index (χ1) is 9.07. The maximum atomic E-state index is 13.3. The number of hydrogen-bond donors (Lipinski definition) is 2. The third-order valence-electron chi connectivity index (χ3n) is 4.40. The van der Waals surface area contributed by atoms with Crippen LogP contribution in [0.1, 0.15) is 39.5 Å². The Kier molecular flexibility index (Phi) is 4.46. The van der Waals surface area contributed by atoms with E-state index < -0.39 is 0 Å². The molecule has 2 rings (SSSR count). The zero-order chi connectivity index (χ0) is 13.9. The van der Waals surface area contributed by atoms with Crippen LogP contribution >= 0.6 is 0 Å². The van der Waals surface area contributed by atoms with Crippen molar-refractivity contribution in [2.75, 3.05) is 11.9 Å². The fourth-order valence-electron chi connectivity index (χ4n) is 3.48. The van der Waals surface area contributed by atoms with Crippen molar-refractivity contribution < 1.29 is 9.50 Å². The van der Waals surface area contributed by atoms with Gasteiger partial charge >= 0.3 is 0 Å². The molecule has 0 heterocycles. The summed E-state index contributed by atoms with van der Waals surface area (Å²) in [6.07, 6.45) is 4.41. The predicted molar refractivity (Wildman–Crippen MR) is 76.6 cm³/mol. The molecule has 3 heteroatoms. The van der Waals surface area contributed by atoms with Gasteiger partial charge in [0.05, 0.1) is 12.1 Å². The molecule has 1 fully saturated rings. The van der Waals surface area contributed by atoms with E-state index in [-0.39, 0.29) is 18.0 Å². The molecule has 2 unspecified atom stereocenters. The van der Waals surface area contributed by atoms with Crippen molar-refractivity contribution in [2.24, 2.45) is 11.8 Å². The maximum absolute atomic E-state index is 13.3. The molecule has 0 bridgehead atoms. The molecule has 1 aliphatic carbocycles. The Labute approximate surface area is 115 Å². The van der Waals surface area contributed by atoms with Gasteiger partial charge in [0, 0.05) is 5.69 Å². The van der Waals surface area contributed by atoms with Crippen LogP contribution in [0.4, 0.5) is 10.1 Å². The topological polar surface area (TPSA) is 32.3 Å². The Bertz CT molecular complexity index is 421. The molecule has 1 aromatic rings. The first kappa shape index (κ1) is 14.3. The van der Waals surface area contributed by atoms with Gasteiger partial charge < -0.3 is 10.4 Å². The minimum Gasteiger partial charge on any atom is -0.394 e. The van der Waals surface area contributed by atoms with Crippen molar-refractivity contribution in [3.8, 4) is 0 Å². The van der Waals surface area contributed by atoms with Crippen molar-refractivity contribution in [1.82, 2.24) is 0 Å². The van der Waals surface area contributed by atoms with E-state index in [1.807, 2.05) is 6.07 Å². The van der Waals surface area contributed by atoms with E-state index in [0.29, 0.717) is 11.8 Å². The van der Waals surface area contributed by atoms with Crippen molar-refractivity contribution in [1.29, 1.82) is 0 Å². The predicted octanol–water partition coefficient (Wildman–Crippen LogP) is 3.81. The molecule has 1 aromatic carbocycles. The fourth-order valence-corrected chi connectivity index (χ4v) is 3.48. The summed E-state index contributed by atoms with van der Waals surface area (Å²) in [6, 6.07) is 6.52. The highest BCUT2D eigenvalue weighted by Gasteiger charge is 2.41. The number of rotatable bonds is 4. The van der Waals surface area contributed by atoms with Crippen molar-refractivity contribution in [3.05, 3.63) is 30.1 Å². The first-order valence-corrected chi connectivity index (χ1v) is 7.22. The Balaban J connectivity index is 2.25. The molecular weight excluding hydrogens is 241 g/mol. The Morgan fingerprint density at radius 1 is 1.42 bits per heavy atom. The average Bonchev–Trinajstić information content (AvgIpc) is 2.39. The lowest BCUT2D eigenvalue weighted by Gasteiger charge is -2.46. The first-order valence-electron chi connectivity index (χ1n) is 7.22. The number of benzene rings is 1. The molecule has 2 N–H and O–H groups in total. The van der Waals surface area contributed by atoms with Crippen LogP contribution in [0.25, 0.3) is 0 Å². The van der Waals surface area contributed by atoms with Crippen molar-refractivity contribution in [2.45, 2.75) is 45.1 Å².